The molecule has 0 saturated heterocycles. The molecular formula is C60H100N2. The molecule has 0 fully saturated rings. The van der Waals surface area contributed by atoms with Crippen molar-refractivity contribution in [3.05, 3.63) is 58.7 Å². The van der Waals surface area contributed by atoms with Crippen LogP contribution in [0.3, 0.4) is 0 Å². The molecule has 0 heterocycles. The number of hydrogen-bond acceptors (Lipinski definition) is 2. The minimum absolute atomic E-state index is 0.877. The van der Waals surface area contributed by atoms with Gasteiger partial charge in [0.1, 0.15) is 5.71 Å². The van der Waals surface area contributed by atoms with Crippen LogP contribution in [0.1, 0.15) is 282 Å². The minimum Gasteiger partial charge on any atom is -0.250 e. The van der Waals surface area contributed by atoms with Gasteiger partial charge in [0.15, 0.2) is 0 Å². The maximum absolute atomic E-state index is 5.40. The van der Waals surface area contributed by atoms with Gasteiger partial charge in [-0.2, -0.15) is 0 Å². The number of nitrogens with zero attached hydrogens (tertiary/aromatic N) is 2. The monoisotopic (exact) mass is 849 g/mol. The number of rotatable bonds is 40. The average molecular weight is 849 g/mol. The Morgan fingerprint density at radius 2 is 0.645 bits per heavy atom. The van der Waals surface area contributed by atoms with Crippen molar-refractivity contribution in [2.75, 3.05) is 0 Å². The van der Waals surface area contributed by atoms with Crippen LogP contribution < -0.4 is 0 Å². The highest BCUT2D eigenvalue weighted by Crippen LogP contribution is 2.25. The van der Waals surface area contributed by atoms with E-state index in [1.165, 1.54) is 189 Å². The predicted molar refractivity (Wildman–Crippen MR) is 281 cm³/mol. The Kier molecular flexibility index (Phi) is 35.7. The van der Waals surface area contributed by atoms with Gasteiger partial charge in [-0.05, 0) is 97.4 Å². The highest BCUT2D eigenvalue weighted by Gasteiger charge is 2.11. The number of hydrogen-bond donors (Lipinski definition) is 0. The normalized spacial score (nSPS) is 12.0. The van der Waals surface area contributed by atoms with Gasteiger partial charge in [-0.3, -0.25) is 4.99 Å². The Morgan fingerprint density at radius 1 is 0.339 bits per heavy atom. The molecule has 0 atom stereocenters. The Morgan fingerprint density at radius 3 is 0.968 bits per heavy atom. The Labute approximate surface area is 387 Å². The molecule has 0 N–H and O–H groups in total. The molecule has 0 bridgehead atoms. The largest absolute Gasteiger partial charge is 0.250 e. The quantitative estimate of drug-likeness (QED) is 0.0363. The first-order valence-corrected chi connectivity index (χ1v) is 27.5. The molecule has 350 valence electrons. The molecule has 2 aromatic rings. The van der Waals surface area contributed by atoms with E-state index >= 15 is 0 Å². The molecule has 0 aliphatic carbocycles. The van der Waals surface area contributed by atoms with E-state index in [1.807, 2.05) is 0 Å². The van der Waals surface area contributed by atoms with Crippen LogP contribution in [0.15, 0.2) is 46.4 Å². The van der Waals surface area contributed by atoms with Crippen molar-refractivity contribution in [1.29, 1.82) is 0 Å². The summed E-state index contributed by atoms with van der Waals surface area (Å²) >= 11 is 0. The molecule has 0 saturated carbocycles. The second-order valence-corrected chi connectivity index (χ2v) is 19.0. The van der Waals surface area contributed by atoms with Gasteiger partial charge in [0, 0.05) is 6.42 Å². The smallest absolute Gasteiger partial charge is 0.135 e. The first-order chi connectivity index (χ1) is 30.6. The molecule has 0 aromatic heterocycles. The zero-order valence-corrected chi connectivity index (χ0v) is 42.2. The third kappa shape index (κ3) is 28.9. The van der Waals surface area contributed by atoms with Crippen molar-refractivity contribution in [2.45, 2.75) is 286 Å². The SMILES string of the molecule is CCCCCCCCCCCCCCCCCCCCCCCCCCCCC#CC(=Nc1cc(CCC)cc(CCC)c1)C(CCCC)=Nc1cc(CCC)cc(CCC)c1. The second kappa shape index (κ2) is 39.9. The van der Waals surface area contributed by atoms with E-state index in [4.69, 9.17) is 9.98 Å². The van der Waals surface area contributed by atoms with Gasteiger partial charge in [0.2, 0.25) is 0 Å². The van der Waals surface area contributed by atoms with Crippen molar-refractivity contribution in [3.8, 4) is 11.8 Å². The summed E-state index contributed by atoms with van der Waals surface area (Å²) in [7, 11) is 0. The molecule has 0 aliphatic heterocycles. The van der Waals surface area contributed by atoms with Crippen LogP contribution in [-0.4, -0.2) is 11.4 Å². The van der Waals surface area contributed by atoms with E-state index in [2.05, 4.69) is 89.8 Å². The molecule has 2 aromatic carbocycles. The van der Waals surface area contributed by atoms with Crippen LogP contribution in [0.5, 0.6) is 0 Å². The van der Waals surface area contributed by atoms with Gasteiger partial charge in [-0.25, -0.2) is 4.99 Å². The van der Waals surface area contributed by atoms with Gasteiger partial charge < -0.3 is 0 Å². The topological polar surface area (TPSA) is 24.7 Å². The van der Waals surface area contributed by atoms with Crippen LogP contribution in [0, 0.1) is 11.8 Å². The Bertz CT molecular complexity index is 1440. The zero-order valence-electron chi connectivity index (χ0n) is 42.2. The fourth-order valence-electron chi connectivity index (χ4n) is 9.04. The first kappa shape index (κ1) is 55.5. The molecular weight excluding hydrogens is 749 g/mol. The summed E-state index contributed by atoms with van der Waals surface area (Å²) in [6, 6.07) is 14.0. The molecule has 0 radical (unpaired) electrons. The van der Waals surface area contributed by atoms with Crippen molar-refractivity contribution >= 4 is 22.8 Å². The summed E-state index contributed by atoms with van der Waals surface area (Å²) in [5, 5.41) is 0. The predicted octanol–water partition coefficient (Wildman–Crippen LogP) is 20.1. The third-order valence-electron chi connectivity index (χ3n) is 12.6. The molecule has 0 unspecified atom stereocenters. The van der Waals surface area contributed by atoms with Crippen LogP contribution in [0.4, 0.5) is 11.4 Å². The number of aryl methyl sites for hydroxylation is 4. The molecule has 2 rings (SSSR count). The van der Waals surface area contributed by atoms with E-state index in [0.29, 0.717) is 0 Å². The van der Waals surface area contributed by atoms with Crippen LogP contribution in [-0.2, 0) is 25.7 Å². The van der Waals surface area contributed by atoms with E-state index in [9.17, 15) is 0 Å². The van der Waals surface area contributed by atoms with Gasteiger partial charge in [0.05, 0.1) is 17.1 Å². The van der Waals surface area contributed by atoms with Gasteiger partial charge in [-0.1, -0.05) is 252 Å². The van der Waals surface area contributed by atoms with Gasteiger partial charge in [-0.15, -0.1) is 0 Å². The fraction of sp³-hybridized carbons (Fsp3) is 0.733. The average Bonchev–Trinajstić information content (AvgIpc) is 3.26. The first-order valence-electron chi connectivity index (χ1n) is 27.5. The highest BCUT2D eigenvalue weighted by molar-refractivity contribution is 6.49. The van der Waals surface area contributed by atoms with E-state index in [-0.39, 0.29) is 0 Å². The Balaban J connectivity index is 1.78. The number of benzene rings is 2. The van der Waals surface area contributed by atoms with Crippen LogP contribution in [0.2, 0.25) is 0 Å². The van der Waals surface area contributed by atoms with Gasteiger partial charge >= 0.3 is 0 Å². The number of aliphatic imine (C=N–C) groups is 2. The molecule has 2 nitrogen and oxygen atoms in total. The van der Waals surface area contributed by atoms with E-state index in [1.54, 1.807) is 0 Å². The lowest BCUT2D eigenvalue weighted by molar-refractivity contribution is 0.515. The van der Waals surface area contributed by atoms with Crippen LogP contribution in [0.25, 0.3) is 0 Å². The molecule has 2 heteroatoms. The maximum atomic E-state index is 5.40. The summed E-state index contributed by atoms with van der Waals surface area (Å²) in [6.45, 7) is 13.7. The lowest BCUT2D eigenvalue weighted by Crippen LogP contribution is -2.12. The van der Waals surface area contributed by atoms with Gasteiger partial charge in [0.25, 0.3) is 0 Å². The van der Waals surface area contributed by atoms with Crippen molar-refractivity contribution in [2.24, 2.45) is 9.98 Å². The molecule has 0 aliphatic rings. The highest BCUT2D eigenvalue weighted by atomic mass is 14.8. The third-order valence-corrected chi connectivity index (χ3v) is 12.6. The summed E-state index contributed by atoms with van der Waals surface area (Å²) in [4.78, 5) is 10.8. The second-order valence-electron chi connectivity index (χ2n) is 19.0. The zero-order chi connectivity index (χ0) is 44.6. The minimum atomic E-state index is 0.877. The summed E-state index contributed by atoms with van der Waals surface area (Å²) in [5.74, 6) is 7.22. The molecule has 0 amide bonds. The summed E-state index contributed by atoms with van der Waals surface area (Å²) in [5.41, 5.74) is 9.61. The molecule has 0 spiro atoms. The standard InChI is InChI=1S/C60H100N2/c1-7-13-15-16-17-18-19-20-21-22-23-24-25-26-27-28-29-30-31-32-33-34-35-36-37-38-39-40-46-60(62-58-51-55(43-11-5)48-56(52-58)44-12-6)59(45-14-8-2)61-57-49-53(41-9-3)47-54(50-57)42-10-4/h47-52H,7-39,41-45H2,1-6H3. The Hall–Kier alpha value is -2.66. The van der Waals surface area contributed by atoms with E-state index in [0.717, 1.165) is 99.8 Å². The van der Waals surface area contributed by atoms with Crippen molar-refractivity contribution in [1.82, 2.24) is 0 Å². The lowest BCUT2D eigenvalue weighted by atomic mass is 10.0. The van der Waals surface area contributed by atoms with Crippen LogP contribution >= 0.6 is 0 Å². The number of unbranched alkanes of at least 4 members (excludes halogenated alkanes) is 27. The maximum Gasteiger partial charge on any atom is 0.135 e. The fourth-order valence-corrected chi connectivity index (χ4v) is 9.04. The van der Waals surface area contributed by atoms with E-state index < -0.39 is 0 Å². The lowest BCUT2D eigenvalue weighted by Gasteiger charge is -2.11. The van der Waals surface area contributed by atoms with Crippen molar-refractivity contribution in [3.63, 3.8) is 0 Å². The molecule has 62 heavy (non-hydrogen) atoms. The summed E-state index contributed by atoms with van der Waals surface area (Å²) < 4.78 is 0. The van der Waals surface area contributed by atoms with Crippen molar-refractivity contribution < 1.29 is 0 Å². The summed E-state index contributed by atoms with van der Waals surface area (Å²) in [6.07, 6.45) is 50.1.